The zero-order valence-electron chi connectivity index (χ0n) is 21.5. The van der Waals surface area contributed by atoms with Gasteiger partial charge in [-0.1, -0.05) is 19.1 Å². The van der Waals surface area contributed by atoms with Crippen LogP contribution >= 0.6 is 0 Å². The van der Waals surface area contributed by atoms with Gasteiger partial charge in [0.25, 0.3) is 0 Å². The molecule has 2 heterocycles. The van der Waals surface area contributed by atoms with E-state index in [1.807, 2.05) is 36.1 Å². The number of hydrogen-bond donors (Lipinski definition) is 0. The SMILES string of the molecule is CCCN(C)C1CCN(C(=O)[C@@H](CCCC2OC(C)(C)OC2=O)c2ccc(OCC)cc2)CC1. The molecule has 3 rings (SSSR count). The fourth-order valence-electron chi connectivity index (χ4n) is 5.09. The van der Waals surface area contributed by atoms with Gasteiger partial charge < -0.3 is 24.0 Å². The van der Waals surface area contributed by atoms with E-state index in [-0.39, 0.29) is 17.8 Å². The number of esters is 1. The molecule has 0 spiro atoms. The maximum Gasteiger partial charge on any atom is 0.337 e. The minimum absolute atomic E-state index is 0.177. The van der Waals surface area contributed by atoms with E-state index in [1.165, 1.54) is 0 Å². The van der Waals surface area contributed by atoms with Crippen LogP contribution in [0.15, 0.2) is 24.3 Å². The van der Waals surface area contributed by atoms with E-state index < -0.39 is 11.9 Å². The molecule has 0 radical (unpaired) electrons. The number of likely N-dealkylation sites (tertiary alicyclic amines) is 1. The molecular weight excluding hydrogens is 432 g/mol. The van der Waals surface area contributed by atoms with Crippen LogP contribution in [-0.2, 0) is 19.1 Å². The van der Waals surface area contributed by atoms with Crippen LogP contribution in [0, 0.1) is 0 Å². The molecule has 190 valence electrons. The van der Waals surface area contributed by atoms with Gasteiger partial charge in [-0.3, -0.25) is 4.79 Å². The molecule has 1 amide bonds. The number of carbonyl (C=O) groups excluding carboxylic acids is 2. The summed E-state index contributed by atoms with van der Waals surface area (Å²) in [5.41, 5.74) is 0.994. The zero-order valence-corrected chi connectivity index (χ0v) is 21.5. The summed E-state index contributed by atoms with van der Waals surface area (Å²) >= 11 is 0. The van der Waals surface area contributed by atoms with Gasteiger partial charge in [0, 0.05) is 33.0 Å². The van der Waals surface area contributed by atoms with Crippen molar-refractivity contribution in [2.75, 3.05) is 33.3 Å². The average molecular weight is 475 g/mol. The number of carbonyl (C=O) groups is 2. The van der Waals surface area contributed by atoms with Crippen molar-refractivity contribution in [2.45, 2.75) is 90.1 Å². The molecule has 2 atom stereocenters. The largest absolute Gasteiger partial charge is 0.494 e. The summed E-state index contributed by atoms with van der Waals surface area (Å²) < 4.78 is 16.6. The molecule has 2 aliphatic heterocycles. The molecular formula is C27H42N2O5. The molecule has 1 unspecified atom stereocenters. The normalized spacial score (nSPS) is 21.5. The molecule has 0 aliphatic carbocycles. The smallest absolute Gasteiger partial charge is 0.337 e. The zero-order chi connectivity index (χ0) is 24.7. The first kappa shape index (κ1) is 26.5. The van der Waals surface area contributed by atoms with E-state index in [0.717, 1.165) is 50.2 Å². The van der Waals surface area contributed by atoms with Gasteiger partial charge in [0.05, 0.1) is 12.5 Å². The van der Waals surface area contributed by atoms with Gasteiger partial charge in [0.2, 0.25) is 11.7 Å². The number of piperidine rings is 1. The van der Waals surface area contributed by atoms with Crippen molar-refractivity contribution in [3.63, 3.8) is 0 Å². The Balaban J connectivity index is 1.65. The number of hydrogen-bond acceptors (Lipinski definition) is 6. The Kier molecular flexibility index (Phi) is 9.37. The van der Waals surface area contributed by atoms with E-state index >= 15 is 0 Å². The monoisotopic (exact) mass is 474 g/mol. The van der Waals surface area contributed by atoms with E-state index in [2.05, 4.69) is 18.9 Å². The summed E-state index contributed by atoms with van der Waals surface area (Å²) in [7, 11) is 2.19. The van der Waals surface area contributed by atoms with Crippen LogP contribution in [-0.4, -0.2) is 72.9 Å². The molecule has 7 nitrogen and oxygen atoms in total. The highest BCUT2D eigenvalue weighted by Gasteiger charge is 2.40. The van der Waals surface area contributed by atoms with Crippen molar-refractivity contribution < 1.29 is 23.8 Å². The molecule has 0 saturated carbocycles. The number of benzene rings is 1. The van der Waals surface area contributed by atoms with Crippen molar-refractivity contribution >= 4 is 11.9 Å². The summed E-state index contributed by atoms with van der Waals surface area (Å²) in [5, 5.41) is 0. The standard InChI is InChI=1S/C27H42N2O5/c1-6-17-28(5)21-15-18-29(19-16-21)25(30)23(20-11-13-22(14-12-20)32-7-2)9-8-10-24-26(31)34-27(3,4)33-24/h11-14,21,23-24H,6-10,15-19H2,1-5H3/t23-,24?/m0/s1. The Morgan fingerprint density at radius 2 is 1.88 bits per heavy atom. The van der Waals surface area contributed by atoms with Crippen LogP contribution in [0.1, 0.15) is 77.7 Å². The van der Waals surface area contributed by atoms with Gasteiger partial charge in [-0.25, -0.2) is 4.79 Å². The fourth-order valence-corrected chi connectivity index (χ4v) is 5.09. The van der Waals surface area contributed by atoms with E-state index in [9.17, 15) is 9.59 Å². The fraction of sp³-hybridized carbons (Fsp3) is 0.704. The number of amides is 1. The second kappa shape index (κ2) is 12.0. The highest BCUT2D eigenvalue weighted by molar-refractivity contribution is 5.84. The van der Waals surface area contributed by atoms with Gasteiger partial charge >= 0.3 is 5.97 Å². The lowest BCUT2D eigenvalue weighted by Gasteiger charge is -2.38. The van der Waals surface area contributed by atoms with Crippen molar-refractivity contribution in [3.05, 3.63) is 29.8 Å². The van der Waals surface area contributed by atoms with E-state index in [0.29, 0.717) is 31.9 Å². The van der Waals surface area contributed by atoms with Crippen LogP contribution in [0.2, 0.25) is 0 Å². The minimum atomic E-state index is -0.874. The third-order valence-electron chi connectivity index (χ3n) is 6.86. The maximum absolute atomic E-state index is 13.7. The van der Waals surface area contributed by atoms with Crippen molar-refractivity contribution in [2.24, 2.45) is 0 Å². The number of ether oxygens (including phenoxy) is 3. The lowest BCUT2D eigenvalue weighted by Crippen LogP contribution is -2.47. The topological polar surface area (TPSA) is 68.3 Å². The first-order valence-corrected chi connectivity index (χ1v) is 12.9. The average Bonchev–Trinajstić information content (AvgIpc) is 3.08. The first-order valence-electron chi connectivity index (χ1n) is 12.9. The number of rotatable bonds is 11. The van der Waals surface area contributed by atoms with Crippen LogP contribution in [0.5, 0.6) is 5.75 Å². The van der Waals surface area contributed by atoms with Gasteiger partial charge in [-0.15, -0.1) is 0 Å². The number of cyclic esters (lactones) is 1. The third kappa shape index (κ3) is 6.95. The van der Waals surface area contributed by atoms with Crippen molar-refractivity contribution in [3.8, 4) is 5.75 Å². The van der Waals surface area contributed by atoms with Crippen molar-refractivity contribution in [1.82, 2.24) is 9.80 Å². The summed E-state index contributed by atoms with van der Waals surface area (Å²) in [4.78, 5) is 30.2. The molecule has 2 fully saturated rings. The van der Waals surface area contributed by atoms with Gasteiger partial charge in [-0.2, -0.15) is 0 Å². The van der Waals surface area contributed by atoms with Crippen LogP contribution in [0.25, 0.3) is 0 Å². The van der Waals surface area contributed by atoms with E-state index in [4.69, 9.17) is 14.2 Å². The third-order valence-corrected chi connectivity index (χ3v) is 6.86. The van der Waals surface area contributed by atoms with Crippen LogP contribution in [0.3, 0.4) is 0 Å². The highest BCUT2D eigenvalue weighted by Crippen LogP contribution is 2.31. The van der Waals surface area contributed by atoms with Gasteiger partial charge in [-0.05, 0) is 76.7 Å². The first-order chi connectivity index (χ1) is 16.2. The second-order valence-corrected chi connectivity index (χ2v) is 9.95. The Labute approximate surface area is 204 Å². The summed E-state index contributed by atoms with van der Waals surface area (Å²) in [6.07, 6.45) is 4.52. The van der Waals surface area contributed by atoms with Gasteiger partial charge in [0.15, 0.2) is 6.10 Å². The summed E-state index contributed by atoms with van der Waals surface area (Å²) in [5.74, 6) is -0.447. The molecule has 0 N–H and O–H groups in total. The Hall–Kier alpha value is -2.12. The Bertz CT molecular complexity index is 802. The van der Waals surface area contributed by atoms with Crippen LogP contribution in [0.4, 0.5) is 0 Å². The predicted molar refractivity (Wildman–Crippen MR) is 132 cm³/mol. The molecule has 7 heteroatoms. The van der Waals surface area contributed by atoms with Gasteiger partial charge in [0.1, 0.15) is 5.75 Å². The maximum atomic E-state index is 13.7. The lowest BCUT2D eigenvalue weighted by molar-refractivity contribution is -0.161. The minimum Gasteiger partial charge on any atom is -0.494 e. The molecule has 34 heavy (non-hydrogen) atoms. The highest BCUT2D eigenvalue weighted by atomic mass is 16.8. The summed E-state index contributed by atoms with van der Waals surface area (Å²) in [6, 6.07) is 8.41. The molecule has 0 bridgehead atoms. The molecule has 1 aromatic carbocycles. The molecule has 1 aromatic rings. The Morgan fingerprint density at radius 3 is 2.44 bits per heavy atom. The van der Waals surface area contributed by atoms with E-state index in [1.54, 1.807) is 13.8 Å². The molecule has 2 aliphatic rings. The number of nitrogens with zero attached hydrogens (tertiary/aromatic N) is 2. The van der Waals surface area contributed by atoms with Crippen molar-refractivity contribution in [1.29, 1.82) is 0 Å². The lowest BCUT2D eigenvalue weighted by atomic mass is 9.90. The molecule has 2 saturated heterocycles. The quantitative estimate of drug-likeness (QED) is 0.444. The second-order valence-electron chi connectivity index (χ2n) is 9.95. The Morgan fingerprint density at radius 1 is 1.21 bits per heavy atom. The summed E-state index contributed by atoms with van der Waals surface area (Å²) in [6.45, 7) is 10.9. The molecule has 0 aromatic heterocycles. The van der Waals surface area contributed by atoms with Crippen LogP contribution < -0.4 is 4.74 Å². The predicted octanol–water partition coefficient (Wildman–Crippen LogP) is 4.35.